The van der Waals surface area contributed by atoms with Gasteiger partial charge in [0.15, 0.2) is 0 Å². The number of nitrogens with zero attached hydrogens (tertiary/aromatic N) is 2. The molecule has 3 amide bonds. The van der Waals surface area contributed by atoms with Crippen LogP contribution >= 0.6 is 0 Å². The molecule has 0 N–H and O–H groups in total. The van der Waals surface area contributed by atoms with Crippen LogP contribution in [-0.4, -0.2) is 37.3 Å². The molecular weight excluding hydrogens is 388 g/mol. The Bertz CT molecular complexity index is 1020. The van der Waals surface area contributed by atoms with E-state index in [4.69, 9.17) is 9.47 Å². The number of rotatable bonds is 5. The monoisotopic (exact) mass is 408 g/mol. The Labute approximate surface area is 173 Å². The fourth-order valence-electron chi connectivity index (χ4n) is 3.64. The van der Waals surface area contributed by atoms with Crippen molar-refractivity contribution in [2.75, 3.05) is 23.5 Å². The summed E-state index contributed by atoms with van der Waals surface area (Å²) in [5, 5.41) is 0. The molecule has 2 heterocycles. The Kier molecular flexibility index (Phi) is 5.22. The van der Waals surface area contributed by atoms with Gasteiger partial charge in [-0.3, -0.25) is 24.1 Å². The molecule has 8 nitrogen and oxygen atoms in total. The Morgan fingerprint density at radius 1 is 0.900 bits per heavy atom. The molecule has 154 valence electrons. The van der Waals surface area contributed by atoms with Crippen molar-refractivity contribution in [2.45, 2.75) is 19.3 Å². The summed E-state index contributed by atoms with van der Waals surface area (Å²) in [6.07, 6.45) is 0.388. The second kappa shape index (κ2) is 7.98. The summed E-state index contributed by atoms with van der Waals surface area (Å²) in [4.78, 5) is 51.6. The molecule has 30 heavy (non-hydrogen) atoms. The summed E-state index contributed by atoms with van der Waals surface area (Å²) < 4.78 is 10.6. The highest BCUT2D eigenvalue weighted by molar-refractivity contribution is 6.19. The van der Waals surface area contributed by atoms with Crippen molar-refractivity contribution in [1.29, 1.82) is 0 Å². The van der Waals surface area contributed by atoms with Gasteiger partial charge in [0.1, 0.15) is 11.5 Å². The van der Waals surface area contributed by atoms with Crippen molar-refractivity contribution in [1.82, 2.24) is 0 Å². The van der Waals surface area contributed by atoms with Gasteiger partial charge < -0.3 is 14.4 Å². The summed E-state index contributed by atoms with van der Waals surface area (Å²) in [6, 6.07) is 13.3. The first kappa shape index (κ1) is 19.6. The summed E-state index contributed by atoms with van der Waals surface area (Å²) in [5.74, 6) is -1.05. The topological polar surface area (TPSA) is 93.2 Å². The van der Waals surface area contributed by atoms with Gasteiger partial charge in [0.2, 0.25) is 17.7 Å². The van der Waals surface area contributed by atoms with Crippen molar-refractivity contribution in [3.8, 4) is 11.5 Å². The highest BCUT2D eigenvalue weighted by Gasteiger charge is 2.37. The summed E-state index contributed by atoms with van der Waals surface area (Å²) >= 11 is 0. The number of carbonyl (C=O) groups is 4. The molecule has 2 fully saturated rings. The average molecular weight is 408 g/mol. The molecule has 8 heteroatoms. The van der Waals surface area contributed by atoms with E-state index in [1.165, 1.54) is 11.0 Å². The Hall–Kier alpha value is -3.68. The Morgan fingerprint density at radius 2 is 1.53 bits per heavy atom. The van der Waals surface area contributed by atoms with Crippen LogP contribution in [0.5, 0.6) is 11.5 Å². The minimum absolute atomic E-state index is 0.0405. The van der Waals surface area contributed by atoms with E-state index in [0.29, 0.717) is 17.1 Å². The van der Waals surface area contributed by atoms with E-state index < -0.39 is 11.9 Å². The minimum atomic E-state index is -0.623. The van der Waals surface area contributed by atoms with Gasteiger partial charge in [-0.15, -0.1) is 0 Å². The number of amides is 3. The van der Waals surface area contributed by atoms with E-state index in [0.717, 1.165) is 4.90 Å². The molecule has 0 aliphatic carbocycles. The molecule has 0 saturated carbocycles. The molecule has 2 aliphatic heterocycles. The summed E-state index contributed by atoms with van der Waals surface area (Å²) in [5.41, 5.74) is 1.02. The maximum absolute atomic E-state index is 12.6. The zero-order chi connectivity index (χ0) is 21.3. The van der Waals surface area contributed by atoms with Crippen LogP contribution in [0.2, 0.25) is 0 Å². The van der Waals surface area contributed by atoms with Crippen molar-refractivity contribution in [3.05, 3.63) is 48.5 Å². The first-order valence-corrected chi connectivity index (χ1v) is 9.58. The lowest BCUT2D eigenvalue weighted by Gasteiger charge is -2.17. The molecule has 1 atom stereocenters. The average Bonchev–Trinajstić information content (AvgIpc) is 3.30. The summed E-state index contributed by atoms with van der Waals surface area (Å²) in [7, 11) is 1.54. The predicted octanol–water partition coefficient (Wildman–Crippen LogP) is 2.31. The first-order valence-electron chi connectivity index (χ1n) is 9.58. The van der Waals surface area contributed by atoms with Crippen LogP contribution in [0.4, 0.5) is 11.4 Å². The third-order valence-electron chi connectivity index (χ3n) is 5.17. The van der Waals surface area contributed by atoms with E-state index >= 15 is 0 Å². The van der Waals surface area contributed by atoms with Crippen LogP contribution in [0, 0.1) is 5.92 Å². The fourth-order valence-corrected chi connectivity index (χ4v) is 3.64. The number of esters is 1. The lowest BCUT2D eigenvalue weighted by atomic mass is 10.1. The van der Waals surface area contributed by atoms with E-state index in [9.17, 15) is 19.2 Å². The zero-order valence-corrected chi connectivity index (χ0v) is 16.4. The lowest BCUT2D eigenvalue weighted by molar-refractivity contribution is -0.139. The maximum atomic E-state index is 12.6. The number of benzene rings is 2. The standard InChI is InChI=1S/C22H20N2O6/c1-29-17-6-2-4-15(11-17)23-13-14(10-21(23)27)22(28)30-18-7-3-5-16(12-18)24-19(25)8-9-20(24)26/h2-7,11-12,14H,8-10,13H2,1H3/t14-/m0/s1. The maximum Gasteiger partial charge on any atom is 0.316 e. The van der Waals surface area contributed by atoms with Gasteiger partial charge in [0.05, 0.1) is 18.7 Å². The Balaban J connectivity index is 1.46. The molecule has 2 saturated heterocycles. The SMILES string of the molecule is COc1cccc(N2C[C@@H](C(=O)Oc3cccc(N4C(=O)CCC4=O)c3)CC2=O)c1. The zero-order valence-electron chi connectivity index (χ0n) is 16.4. The van der Waals surface area contributed by atoms with E-state index in [2.05, 4.69) is 0 Å². The number of methoxy groups -OCH3 is 1. The third-order valence-corrected chi connectivity index (χ3v) is 5.17. The highest BCUT2D eigenvalue weighted by atomic mass is 16.5. The van der Waals surface area contributed by atoms with Gasteiger partial charge >= 0.3 is 5.97 Å². The number of anilines is 2. The smallest absolute Gasteiger partial charge is 0.316 e. The van der Waals surface area contributed by atoms with Gasteiger partial charge in [-0.1, -0.05) is 12.1 Å². The highest BCUT2D eigenvalue weighted by Crippen LogP contribution is 2.30. The van der Waals surface area contributed by atoms with E-state index in [1.807, 2.05) is 0 Å². The van der Waals surface area contributed by atoms with Crippen molar-refractivity contribution >= 4 is 35.1 Å². The number of hydrogen-bond donors (Lipinski definition) is 0. The van der Waals surface area contributed by atoms with Crippen LogP contribution in [0.3, 0.4) is 0 Å². The first-order chi connectivity index (χ1) is 14.5. The normalized spacial score (nSPS) is 18.8. The van der Waals surface area contributed by atoms with Gasteiger partial charge in [0, 0.05) is 43.6 Å². The van der Waals surface area contributed by atoms with Crippen molar-refractivity contribution < 1.29 is 28.7 Å². The van der Waals surface area contributed by atoms with Gasteiger partial charge in [-0.2, -0.15) is 0 Å². The number of carbonyl (C=O) groups excluding carboxylic acids is 4. The van der Waals surface area contributed by atoms with Crippen LogP contribution in [0.15, 0.2) is 48.5 Å². The number of ether oxygens (including phenoxy) is 2. The quantitative estimate of drug-likeness (QED) is 0.428. The minimum Gasteiger partial charge on any atom is -0.497 e. The van der Waals surface area contributed by atoms with Crippen LogP contribution in [-0.2, 0) is 19.2 Å². The second-order valence-electron chi connectivity index (χ2n) is 7.15. The molecule has 2 aromatic rings. The molecule has 4 rings (SSSR count). The molecule has 0 radical (unpaired) electrons. The largest absolute Gasteiger partial charge is 0.497 e. The molecule has 0 bridgehead atoms. The summed E-state index contributed by atoms with van der Waals surface area (Å²) in [6.45, 7) is 0.202. The number of imide groups is 1. The van der Waals surface area contributed by atoms with Crippen LogP contribution < -0.4 is 19.3 Å². The molecule has 0 spiro atoms. The Morgan fingerprint density at radius 3 is 2.23 bits per heavy atom. The van der Waals surface area contributed by atoms with Crippen LogP contribution in [0.25, 0.3) is 0 Å². The number of hydrogen-bond acceptors (Lipinski definition) is 6. The van der Waals surface area contributed by atoms with Crippen LogP contribution in [0.1, 0.15) is 19.3 Å². The molecule has 2 aliphatic rings. The van der Waals surface area contributed by atoms with Gasteiger partial charge in [-0.25, -0.2) is 0 Å². The third kappa shape index (κ3) is 3.76. The molecule has 0 unspecified atom stereocenters. The lowest BCUT2D eigenvalue weighted by Crippen LogP contribution is -2.29. The van der Waals surface area contributed by atoms with Crippen molar-refractivity contribution in [2.24, 2.45) is 5.92 Å². The molecular formula is C22H20N2O6. The second-order valence-corrected chi connectivity index (χ2v) is 7.15. The van der Waals surface area contributed by atoms with Crippen molar-refractivity contribution in [3.63, 3.8) is 0 Å². The van der Waals surface area contributed by atoms with E-state index in [1.54, 1.807) is 49.6 Å². The van der Waals surface area contributed by atoms with E-state index in [-0.39, 0.29) is 49.3 Å². The van der Waals surface area contributed by atoms with Gasteiger partial charge in [0.25, 0.3) is 0 Å². The molecule has 2 aromatic carbocycles. The van der Waals surface area contributed by atoms with Gasteiger partial charge in [-0.05, 0) is 24.3 Å². The fraction of sp³-hybridized carbons (Fsp3) is 0.273. The predicted molar refractivity (Wildman–Crippen MR) is 107 cm³/mol. The molecule has 0 aromatic heterocycles.